The molecule has 3 rings (SSSR count). The van der Waals surface area contributed by atoms with Crippen molar-refractivity contribution in [2.24, 2.45) is 0 Å². The third kappa shape index (κ3) is 4.31. The Bertz CT molecular complexity index is 982. The van der Waals surface area contributed by atoms with Crippen molar-refractivity contribution >= 4 is 22.5 Å². The van der Waals surface area contributed by atoms with Gasteiger partial charge in [-0.15, -0.1) is 5.10 Å². The Hall–Kier alpha value is -3.22. The summed E-state index contributed by atoms with van der Waals surface area (Å²) in [6, 6.07) is 13.3. The van der Waals surface area contributed by atoms with Crippen molar-refractivity contribution in [3.8, 4) is 5.75 Å². The van der Waals surface area contributed by atoms with Crippen LogP contribution in [0, 0.1) is 0 Å². The number of carbonyl (C=O) groups is 1. The molecular weight excluding hydrogens is 344 g/mol. The monoisotopic (exact) mass is 366 g/mol. The van der Waals surface area contributed by atoms with E-state index < -0.39 is 6.04 Å². The summed E-state index contributed by atoms with van der Waals surface area (Å²) >= 11 is 0. The van der Waals surface area contributed by atoms with E-state index in [-0.39, 0.29) is 11.5 Å². The first-order valence-corrected chi connectivity index (χ1v) is 8.98. The van der Waals surface area contributed by atoms with Gasteiger partial charge in [0.25, 0.3) is 5.56 Å². The molecule has 1 aromatic heterocycles. The van der Waals surface area contributed by atoms with Gasteiger partial charge < -0.3 is 10.1 Å². The Morgan fingerprint density at radius 1 is 1.19 bits per heavy atom. The van der Waals surface area contributed by atoms with Crippen molar-refractivity contribution in [1.82, 2.24) is 15.0 Å². The number of nitrogens with one attached hydrogen (secondary N) is 1. The van der Waals surface area contributed by atoms with Crippen LogP contribution >= 0.6 is 0 Å². The van der Waals surface area contributed by atoms with Gasteiger partial charge in [0.15, 0.2) is 0 Å². The number of anilines is 1. The molecule has 1 atom stereocenters. The fraction of sp³-hybridized carbons (Fsp3) is 0.300. The first-order valence-electron chi connectivity index (χ1n) is 8.98. The number of ether oxygens (including phenoxy) is 1. The molecule has 140 valence electrons. The average Bonchev–Trinajstić information content (AvgIpc) is 2.69. The lowest BCUT2D eigenvalue weighted by Gasteiger charge is -2.14. The second-order valence-corrected chi connectivity index (χ2v) is 6.25. The van der Waals surface area contributed by atoms with Gasteiger partial charge in [-0.1, -0.05) is 30.7 Å². The topological polar surface area (TPSA) is 86.1 Å². The molecule has 0 aliphatic carbocycles. The first kappa shape index (κ1) is 18.6. The second kappa shape index (κ2) is 8.44. The number of hydrogen-bond donors (Lipinski definition) is 1. The van der Waals surface area contributed by atoms with Crippen molar-refractivity contribution in [1.29, 1.82) is 0 Å². The normalized spacial score (nSPS) is 11.9. The van der Waals surface area contributed by atoms with Crippen molar-refractivity contribution in [2.45, 2.75) is 32.7 Å². The maximum Gasteiger partial charge on any atom is 0.278 e. The fourth-order valence-corrected chi connectivity index (χ4v) is 2.58. The lowest BCUT2D eigenvalue weighted by Crippen LogP contribution is -2.34. The van der Waals surface area contributed by atoms with Gasteiger partial charge >= 0.3 is 0 Å². The van der Waals surface area contributed by atoms with E-state index in [0.29, 0.717) is 23.2 Å². The fourth-order valence-electron chi connectivity index (χ4n) is 2.58. The number of unbranched alkanes of at least 4 members (excludes halogenated alkanes) is 1. The van der Waals surface area contributed by atoms with Gasteiger partial charge in [-0.2, -0.15) is 4.68 Å². The molecule has 0 radical (unpaired) electrons. The van der Waals surface area contributed by atoms with E-state index in [1.165, 1.54) is 0 Å². The molecule has 0 spiro atoms. The highest BCUT2D eigenvalue weighted by Gasteiger charge is 2.19. The van der Waals surface area contributed by atoms with Crippen LogP contribution in [-0.2, 0) is 4.79 Å². The molecule has 0 aliphatic rings. The van der Waals surface area contributed by atoms with E-state index >= 15 is 0 Å². The number of rotatable bonds is 7. The van der Waals surface area contributed by atoms with Crippen LogP contribution in [0.15, 0.2) is 53.3 Å². The molecule has 0 fully saturated rings. The molecule has 1 heterocycles. The summed E-state index contributed by atoms with van der Waals surface area (Å²) < 4.78 is 6.70. The zero-order chi connectivity index (χ0) is 19.2. The third-order valence-electron chi connectivity index (χ3n) is 4.23. The molecule has 27 heavy (non-hydrogen) atoms. The summed E-state index contributed by atoms with van der Waals surface area (Å²) in [4.78, 5) is 25.1. The highest BCUT2D eigenvalue weighted by Crippen LogP contribution is 2.17. The van der Waals surface area contributed by atoms with Gasteiger partial charge in [0.05, 0.1) is 12.0 Å². The number of amides is 1. The lowest BCUT2D eigenvalue weighted by molar-refractivity contribution is -0.119. The van der Waals surface area contributed by atoms with E-state index in [1.54, 1.807) is 55.5 Å². The predicted molar refractivity (Wildman–Crippen MR) is 104 cm³/mol. The van der Waals surface area contributed by atoms with E-state index in [1.807, 2.05) is 0 Å². The minimum atomic E-state index is -0.796. The molecule has 3 aromatic rings. The Morgan fingerprint density at radius 2 is 1.93 bits per heavy atom. The molecule has 1 N–H and O–H groups in total. The first-order chi connectivity index (χ1) is 13.1. The zero-order valence-corrected chi connectivity index (χ0v) is 15.4. The molecule has 7 nitrogen and oxygen atoms in total. The maximum atomic E-state index is 12.6. The summed E-state index contributed by atoms with van der Waals surface area (Å²) in [7, 11) is 0. The number of hydrogen-bond acceptors (Lipinski definition) is 5. The third-order valence-corrected chi connectivity index (χ3v) is 4.23. The average molecular weight is 366 g/mol. The number of aromatic nitrogens is 3. The minimum Gasteiger partial charge on any atom is -0.494 e. The van der Waals surface area contributed by atoms with Crippen LogP contribution in [0.1, 0.15) is 32.7 Å². The van der Waals surface area contributed by atoms with Crippen LogP contribution < -0.4 is 15.6 Å². The largest absolute Gasteiger partial charge is 0.494 e. The summed E-state index contributed by atoms with van der Waals surface area (Å²) in [5.41, 5.74) is 0.782. The number of carbonyl (C=O) groups excluding carboxylic acids is 1. The van der Waals surface area contributed by atoms with Crippen LogP contribution in [0.2, 0.25) is 0 Å². The summed E-state index contributed by atoms with van der Waals surface area (Å²) in [6.07, 6.45) is 2.07. The Morgan fingerprint density at radius 3 is 2.67 bits per heavy atom. The zero-order valence-electron chi connectivity index (χ0n) is 15.4. The van der Waals surface area contributed by atoms with Gasteiger partial charge in [0.2, 0.25) is 5.91 Å². The van der Waals surface area contributed by atoms with Crippen molar-refractivity contribution in [2.75, 3.05) is 11.9 Å². The van der Waals surface area contributed by atoms with Gasteiger partial charge in [-0.25, -0.2) is 0 Å². The van der Waals surface area contributed by atoms with Crippen LogP contribution in [0.4, 0.5) is 5.69 Å². The Balaban J connectivity index is 1.71. The van der Waals surface area contributed by atoms with Gasteiger partial charge in [0, 0.05) is 5.69 Å². The van der Waals surface area contributed by atoms with Gasteiger partial charge in [-0.05, 0) is 49.7 Å². The molecule has 0 saturated heterocycles. The van der Waals surface area contributed by atoms with Crippen LogP contribution in [0.5, 0.6) is 5.75 Å². The number of benzene rings is 2. The van der Waals surface area contributed by atoms with E-state index in [9.17, 15) is 9.59 Å². The highest BCUT2D eigenvalue weighted by molar-refractivity contribution is 5.93. The summed E-state index contributed by atoms with van der Waals surface area (Å²) in [5, 5.41) is 11.1. The molecule has 0 aliphatic heterocycles. The molecule has 2 aromatic carbocycles. The van der Waals surface area contributed by atoms with Crippen molar-refractivity contribution in [3.63, 3.8) is 0 Å². The SMILES string of the molecule is CCCCOc1ccc(NC(=O)C(C)n2nnc3ccccc3c2=O)cc1. The van der Waals surface area contributed by atoms with E-state index in [2.05, 4.69) is 22.6 Å². The quantitative estimate of drug-likeness (QED) is 0.649. The van der Waals surface area contributed by atoms with Gasteiger partial charge in [-0.3, -0.25) is 9.59 Å². The molecule has 1 unspecified atom stereocenters. The lowest BCUT2D eigenvalue weighted by atomic mass is 10.2. The minimum absolute atomic E-state index is 0.345. The molecule has 1 amide bonds. The summed E-state index contributed by atoms with van der Waals surface area (Å²) in [6.45, 7) is 4.39. The molecule has 0 saturated carbocycles. The van der Waals surface area contributed by atoms with Crippen LogP contribution in [0.3, 0.4) is 0 Å². The maximum absolute atomic E-state index is 12.6. The van der Waals surface area contributed by atoms with E-state index in [4.69, 9.17) is 4.74 Å². The van der Waals surface area contributed by atoms with E-state index in [0.717, 1.165) is 23.3 Å². The standard InChI is InChI=1S/C20H22N4O3/c1-3-4-13-27-16-11-9-15(10-12-16)21-19(25)14(2)24-20(26)17-7-5-6-8-18(17)22-23-24/h5-12,14H,3-4,13H2,1-2H3,(H,21,25). The Labute approximate surface area is 157 Å². The Kier molecular flexibility index (Phi) is 5.80. The second-order valence-electron chi connectivity index (χ2n) is 6.25. The highest BCUT2D eigenvalue weighted by atomic mass is 16.5. The predicted octanol–water partition coefficient (Wildman–Crippen LogP) is 3.17. The van der Waals surface area contributed by atoms with Crippen LogP contribution in [-0.4, -0.2) is 27.5 Å². The van der Waals surface area contributed by atoms with Crippen molar-refractivity contribution in [3.05, 3.63) is 58.9 Å². The molecule has 7 heteroatoms. The smallest absolute Gasteiger partial charge is 0.278 e. The summed E-state index contributed by atoms with van der Waals surface area (Å²) in [5.74, 6) is 0.410. The molecule has 0 bridgehead atoms. The van der Waals surface area contributed by atoms with Crippen LogP contribution in [0.25, 0.3) is 10.9 Å². The van der Waals surface area contributed by atoms with Crippen molar-refractivity contribution < 1.29 is 9.53 Å². The van der Waals surface area contributed by atoms with Gasteiger partial charge in [0.1, 0.15) is 17.3 Å². The molecular formula is C20H22N4O3. The number of nitrogens with zero attached hydrogens (tertiary/aromatic N) is 3. The number of fused-ring (bicyclic) bond motifs is 1.